The first-order chi connectivity index (χ1) is 12.7. The lowest BCUT2D eigenvalue weighted by atomic mass is 10.0. The van der Waals surface area contributed by atoms with Gasteiger partial charge in [-0.1, -0.05) is 18.2 Å². The number of pyridine rings is 1. The van der Waals surface area contributed by atoms with Crippen LogP contribution in [0.3, 0.4) is 0 Å². The Morgan fingerprint density at radius 2 is 1.69 bits per heavy atom. The van der Waals surface area contributed by atoms with Crippen LogP contribution in [0.15, 0.2) is 66.3 Å². The number of hydrogen-bond acceptors (Lipinski definition) is 4. The average molecular weight is 356 g/mol. The Balaban J connectivity index is 1.75. The Bertz CT molecular complexity index is 1250. The Hall–Kier alpha value is -3.31. The van der Waals surface area contributed by atoms with E-state index in [1.54, 1.807) is 11.3 Å². The zero-order chi connectivity index (χ0) is 17.7. The standard InChI is InChI=1S/C21H16N4S/c22-15-4-1-12(2-5-15)17-11-26-20-16(10-25-21(23)19(17)20)13-3-6-18-14(9-13)7-8-24-18/h1-11,24H,22H2,(H2,23,25). The Morgan fingerprint density at radius 3 is 2.54 bits per heavy atom. The third-order valence-electron chi connectivity index (χ3n) is 4.71. The van der Waals surface area contributed by atoms with Crippen LogP contribution in [0.5, 0.6) is 0 Å². The van der Waals surface area contributed by atoms with E-state index in [0.717, 1.165) is 43.5 Å². The minimum absolute atomic E-state index is 0.555. The predicted molar refractivity (Wildman–Crippen MR) is 111 cm³/mol. The average Bonchev–Trinajstić information content (AvgIpc) is 3.29. The molecule has 0 saturated heterocycles. The fourth-order valence-electron chi connectivity index (χ4n) is 3.37. The Labute approximate surface area is 154 Å². The topological polar surface area (TPSA) is 80.7 Å². The number of nitrogen functional groups attached to an aromatic ring is 2. The first-order valence-electron chi connectivity index (χ1n) is 8.30. The number of nitrogens with zero attached hydrogens (tertiary/aromatic N) is 1. The van der Waals surface area contributed by atoms with Gasteiger partial charge in [-0.3, -0.25) is 0 Å². The maximum Gasteiger partial charge on any atom is 0.132 e. The van der Waals surface area contributed by atoms with Gasteiger partial charge in [-0.2, -0.15) is 0 Å². The summed E-state index contributed by atoms with van der Waals surface area (Å²) in [6.07, 6.45) is 3.82. The van der Waals surface area contributed by atoms with E-state index in [0.29, 0.717) is 5.82 Å². The van der Waals surface area contributed by atoms with E-state index >= 15 is 0 Å². The van der Waals surface area contributed by atoms with Crippen molar-refractivity contribution in [3.63, 3.8) is 0 Å². The van der Waals surface area contributed by atoms with E-state index in [4.69, 9.17) is 11.5 Å². The molecule has 3 aromatic heterocycles. The molecule has 0 spiro atoms. The number of rotatable bonds is 2. The second-order valence-corrected chi connectivity index (χ2v) is 7.19. The van der Waals surface area contributed by atoms with Gasteiger partial charge in [0, 0.05) is 44.8 Å². The molecule has 0 amide bonds. The van der Waals surface area contributed by atoms with Gasteiger partial charge in [0.25, 0.3) is 0 Å². The second kappa shape index (κ2) is 5.61. The zero-order valence-corrected chi connectivity index (χ0v) is 14.7. The Kier molecular flexibility index (Phi) is 3.23. The lowest BCUT2D eigenvalue weighted by Crippen LogP contribution is -1.93. The maximum atomic E-state index is 6.26. The molecule has 0 radical (unpaired) electrons. The van der Waals surface area contributed by atoms with Gasteiger partial charge >= 0.3 is 0 Å². The molecule has 5 aromatic rings. The quantitative estimate of drug-likeness (QED) is 0.377. The van der Waals surface area contributed by atoms with Gasteiger partial charge in [0.2, 0.25) is 0 Å². The van der Waals surface area contributed by atoms with E-state index in [9.17, 15) is 0 Å². The summed E-state index contributed by atoms with van der Waals surface area (Å²) in [5.74, 6) is 0.555. The molecule has 0 unspecified atom stereocenters. The molecule has 126 valence electrons. The summed E-state index contributed by atoms with van der Waals surface area (Å²) in [7, 11) is 0. The fourth-order valence-corrected chi connectivity index (χ4v) is 4.49. The highest BCUT2D eigenvalue weighted by molar-refractivity contribution is 7.18. The number of fused-ring (bicyclic) bond motifs is 2. The predicted octanol–water partition coefficient (Wildman–Crippen LogP) is 5.28. The van der Waals surface area contributed by atoms with Crippen LogP contribution in [0.1, 0.15) is 0 Å². The van der Waals surface area contributed by atoms with E-state index in [-0.39, 0.29) is 0 Å². The molecule has 0 atom stereocenters. The van der Waals surface area contributed by atoms with Gasteiger partial charge in [-0.05, 0) is 52.2 Å². The largest absolute Gasteiger partial charge is 0.399 e. The minimum Gasteiger partial charge on any atom is -0.399 e. The van der Waals surface area contributed by atoms with Crippen molar-refractivity contribution < 1.29 is 0 Å². The van der Waals surface area contributed by atoms with E-state index in [1.807, 2.05) is 36.7 Å². The van der Waals surface area contributed by atoms with Crippen molar-refractivity contribution >= 4 is 43.8 Å². The molecule has 2 aromatic carbocycles. The van der Waals surface area contributed by atoms with Crippen LogP contribution in [0.2, 0.25) is 0 Å². The van der Waals surface area contributed by atoms with Crippen molar-refractivity contribution in [1.29, 1.82) is 0 Å². The molecule has 4 nitrogen and oxygen atoms in total. The summed E-state index contributed by atoms with van der Waals surface area (Å²) in [5, 5.41) is 4.33. The van der Waals surface area contributed by atoms with Crippen molar-refractivity contribution in [3.8, 4) is 22.3 Å². The highest BCUT2D eigenvalue weighted by atomic mass is 32.1. The number of nitrogens with one attached hydrogen (secondary N) is 1. The summed E-state index contributed by atoms with van der Waals surface area (Å²) in [6.45, 7) is 0. The van der Waals surface area contributed by atoms with Crippen molar-refractivity contribution in [3.05, 3.63) is 66.3 Å². The number of thiophene rings is 1. The molecular formula is C21H16N4S. The number of aromatic nitrogens is 2. The van der Waals surface area contributed by atoms with Crippen molar-refractivity contribution in [2.75, 3.05) is 11.5 Å². The molecular weight excluding hydrogens is 340 g/mol. The first-order valence-corrected chi connectivity index (χ1v) is 9.18. The molecule has 5 rings (SSSR count). The van der Waals surface area contributed by atoms with Gasteiger partial charge in [-0.25, -0.2) is 4.98 Å². The summed E-state index contributed by atoms with van der Waals surface area (Å²) in [6, 6.07) is 16.3. The van der Waals surface area contributed by atoms with Crippen LogP contribution in [0, 0.1) is 0 Å². The number of benzene rings is 2. The third kappa shape index (κ3) is 2.25. The van der Waals surface area contributed by atoms with Crippen molar-refractivity contribution in [2.24, 2.45) is 0 Å². The molecule has 0 fully saturated rings. The molecule has 0 aliphatic heterocycles. The molecule has 3 heterocycles. The fraction of sp³-hybridized carbons (Fsp3) is 0. The van der Waals surface area contributed by atoms with Crippen LogP contribution >= 0.6 is 11.3 Å². The molecule has 0 aliphatic rings. The van der Waals surface area contributed by atoms with Crippen molar-refractivity contribution in [2.45, 2.75) is 0 Å². The third-order valence-corrected chi connectivity index (χ3v) is 5.72. The number of aromatic amines is 1. The van der Waals surface area contributed by atoms with Crippen molar-refractivity contribution in [1.82, 2.24) is 9.97 Å². The second-order valence-electron chi connectivity index (χ2n) is 6.31. The van der Waals surface area contributed by atoms with E-state index in [1.165, 1.54) is 5.39 Å². The maximum absolute atomic E-state index is 6.26. The molecule has 26 heavy (non-hydrogen) atoms. The summed E-state index contributed by atoms with van der Waals surface area (Å²) >= 11 is 1.70. The number of anilines is 2. The highest BCUT2D eigenvalue weighted by Gasteiger charge is 2.15. The molecule has 0 bridgehead atoms. The zero-order valence-electron chi connectivity index (χ0n) is 13.9. The van der Waals surface area contributed by atoms with Crippen LogP contribution in [-0.2, 0) is 0 Å². The minimum atomic E-state index is 0.555. The Morgan fingerprint density at radius 1 is 0.885 bits per heavy atom. The smallest absolute Gasteiger partial charge is 0.132 e. The number of H-pyrrole nitrogens is 1. The summed E-state index contributed by atoms with van der Waals surface area (Å²) in [5.41, 5.74) is 18.4. The van der Waals surface area contributed by atoms with Crippen LogP contribution in [-0.4, -0.2) is 9.97 Å². The highest BCUT2D eigenvalue weighted by Crippen LogP contribution is 2.42. The normalized spacial score (nSPS) is 11.4. The number of hydrogen-bond donors (Lipinski definition) is 3. The van der Waals surface area contributed by atoms with Crippen LogP contribution in [0.4, 0.5) is 11.5 Å². The number of nitrogens with two attached hydrogens (primary N) is 2. The van der Waals surface area contributed by atoms with Gasteiger partial charge in [0.1, 0.15) is 5.82 Å². The van der Waals surface area contributed by atoms with Crippen LogP contribution in [0.25, 0.3) is 43.2 Å². The van der Waals surface area contributed by atoms with Crippen LogP contribution < -0.4 is 11.5 Å². The van der Waals surface area contributed by atoms with E-state index < -0.39 is 0 Å². The SMILES string of the molecule is Nc1ccc(-c2csc3c(-c4ccc5[nH]ccc5c4)cnc(N)c23)cc1. The lowest BCUT2D eigenvalue weighted by molar-refractivity contribution is 1.37. The van der Waals surface area contributed by atoms with Gasteiger partial charge in [-0.15, -0.1) is 11.3 Å². The molecule has 5 N–H and O–H groups in total. The molecule has 0 saturated carbocycles. The van der Waals surface area contributed by atoms with Gasteiger partial charge in [0.05, 0.1) is 0 Å². The molecule has 5 heteroatoms. The summed E-state index contributed by atoms with van der Waals surface area (Å²) < 4.78 is 1.15. The van der Waals surface area contributed by atoms with E-state index in [2.05, 4.69) is 39.6 Å². The van der Waals surface area contributed by atoms with Gasteiger partial charge in [0.15, 0.2) is 0 Å². The monoisotopic (exact) mass is 356 g/mol. The first kappa shape index (κ1) is 15.0. The lowest BCUT2D eigenvalue weighted by Gasteiger charge is -2.07. The molecule has 0 aliphatic carbocycles. The van der Waals surface area contributed by atoms with Gasteiger partial charge < -0.3 is 16.5 Å². The summed E-state index contributed by atoms with van der Waals surface area (Å²) in [4.78, 5) is 7.71.